The lowest BCUT2D eigenvalue weighted by Crippen LogP contribution is -2.36. The highest BCUT2D eigenvalue weighted by Crippen LogP contribution is 2.07. The lowest BCUT2D eigenvalue weighted by molar-refractivity contribution is 0.174. The second-order valence-electron chi connectivity index (χ2n) is 4.42. The second kappa shape index (κ2) is 7.47. The lowest BCUT2D eigenvalue weighted by atomic mass is 10.0. The first-order chi connectivity index (χ1) is 7.74. The fourth-order valence-electron chi connectivity index (χ4n) is 1.75. The van der Waals surface area contributed by atoms with Crippen LogP contribution in [0.2, 0.25) is 0 Å². The van der Waals surface area contributed by atoms with E-state index in [-0.39, 0.29) is 0 Å². The number of rotatable bonds is 8. The molecule has 0 bridgehead atoms. The molecule has 1 atom stereocenters. The highest BCUT2D eigenvalue weighted by Gasteiger charge is 2.11. The van der Waals surface area contributed by atoms with Crippen molar-refractivity contribution in [1.82, 2.24) is 5.32 Å². The average molecular weight is 225 g/mol. The predicted molar refractivity (Wildman–Crippen MR) is 65.5 cm³/mol. The van der Waals surface area contributed by atoms with Crippen LogP contribution in [-0.2, 0) is 11.2 Å². The maximum Gasteiger partial charge on any atom is 0.105 e. The third-order valence-corrected chi connectivity index (χ3v) is 2.80. The fourth-order valence-corrected chi connectivity index (χ4v) is 1.75. The molecule has 1 unspecified atom stereocenters. The van der Waals surface area contributed by atoms with Gasteiger partial charge < -0.3 is 14.5 Å². The van der Waals surface area contributed by atoms with Crippen LogP contribution in [0.15, 0.2) is 22.8 Å². The number of nitrogens with one attached hydrogen (secondary N) is 1. The molecule has 0 aliphatic carbocycles. The summed E-state index contributed by atoms with van der Waals surface area (Å²) in [7, 11) is 1.75. The molecule has 3 nitrogen and oxygen atoms in total. The molecule has 92 valence electrons. The summed E-state index contributed by atoms with van der Waals surface area (Å²) in [6.45, 7) is 6.25. The van der Waals surface area contributed by atoms with Crippen molar-refractivity contribution in [2.75, 3.05) is 20.3 Å². The van der Waals surface area contributed by atoms with E-state index in [9.17, 15) is 0 Å². The van der Waals surface area contributed by atoms with E-state index in [1.165, 1.54) is 0 Å². The Balaban J connectivity index is 2.21. The number of hydrogen-bond donors (Lipinski definition) is 1. The van der Waals surface area contributed by atoms with Gasteiger partial charge in [-0.3, -0.25) is 0 Å². The molecule has 3 heteroatoms. The Kier molecular flexibility index (Phi) is 6.19. The third kappa shape index (κ3) is 4.81. The minimum Gasteiger partial charge on any atom is -0.469 e. The molecule has 0 radical (unpaired) electrons. The zero-order valence-corrected chi connectivity index (χ0v) is 10.5. The Bertz CT molecular complexity index is 257. The van der Waals surface area contributed by atoms with E-state index < -0.39 is 0 Å². The van der Waals surface area contributed by atoms with E-state index in [0.29, 0.717) is 12.0 Å². The Morgan fingerprint density at radius 3 is 2.81 bits per heavy atom. The molecule has 1 rings (SSSR count). The smallest absolute Gasteiger partial charge is 0.105 e. The zero-order valence-electron chi connectivity index (χ0n) is 10.5. The Morgan fingerprint density at radius 2 is 2.25 bits per heavy atom. The summed E-state index contributed by atoms with van der Waals surface area (Å²) < 4.78 is 10.4. The SMILES string of the molecule is COCCC(NCCc1ccco1)C(C)C. The number of hydrogen-bond acceptors (Lipinski definition) is 3. The summed E-state index contributed by atoms with van der Waals surface area (Å²) in [5, 5.41) is 3.55. The van der Waals surface area contributed by atoms with Crippen molar-refractivity contribution in [3.8, 4) is 0 Å². The van der Waals surface area contributed by atoms with Crippen LogP contribution in [0.4, 0.5) is 0 Å². The van der Waals surface area contributed by atoms with Gasteiger partial charge in [-0.2, -0.15) is 0 Å². The van der Waals surface area contributed by atoms with Crippen LogP contribution in [0, 0.1) is 5.92 Å². The van der Waals surface area contributed by atoms with Crippen molar-refractivity contribution in [2.24, 2.45) is 5.92 Å². The molecule has 16 heavy (non-hydrogen) atoms. The van der Waals surface area contributed by atoms with Gasteiger partial charge in [0, 0.05) is 32.7 Å². The minimum absolute atomic E-state index is 0.523. The molecule has 0 amide bonds. The molecule has 1 aromatic rings. The van der Waals surface area contributed by atoms with Crippen LogP contribution in [0.1, 0.15) is 26.0 Å². The Morgan fingerprint density at radius 1 is 1.44 bits per heavy atom. The van der Waals surface area contributed by atoms with Gasteiger partial charge in [0.1, 0.15) is 5.76 Å². The van der Waals surface area contributed by atoms with Gasteiger partial charge in [-0.25, -0.2) is 0 Å². The fraction of sp³-hybridized carbons (Fsp3) is 0.692. The molecule has 0 saturated carbocycles. The van der Waals surface area contributed by atoms with Gasteiger partial charge in [0.25, 0.3) is 0 Å². The first kappa shape index (κ1) is 13.3. The zero-order chi connectivity index (χ0) is 11.8. The monoisotopic (exact) mass is 225 g/mol. The summed E-state index contributed by atoms with van der Waals surface area (Å²) in [4.78, 5) is 0. The summed E-state index contributed by atoms with van der Waals surface area (Å²) in [6.07, 6.45) is 3.73. The normalized spacial score (nSPS) is 13.2. The molecule has 1 heterocycles. The highest BCUT2D eigenvalue weighted by molar-refractivity contribution is 4.98. The summed E-state index contributed by atoms with van der Waals surface area (Å²) in [6, 6.07) is 4.47. The van der Waals surface area contributed by atoms with E-state index in [1.807, 2.05) is 12.1 Å². The van der Waals surface area contributed by atoms with Crippen molar-refractivity contribution < 1.29 is 9.15 Å². The number of methoxy groups -OCH3 is 1. The van der Waals surface area contributed by atoms with Gasteiger partial charge in [-0.1, -0.05) is 13.8 Å². The molecule has 0 aliphatic rings. The average Bonchev–Trinajstić information content (AvgIpc) is 2.75. The molecule has 0 fully saturated rings. The molecule has 0 saturated heterocycles. The molecule has 0 aromatic carbocycles. The summed E-state index contributed by atoms with van der Waals surface area (Å²) in [5.74, 6) is 1.67. The van der Waals surface area contributed by atoms with Gasteiger partial charge >= 0.3 is 0 Å². The topological polar surface area (TPSA) is 34.4 Å². The molecule has 1 N–H and O–H groups in total. The first-order valence-electron chi connectivity index (χ1n) is 5.98. The standard InChI is InChI=1S/C13H23NO2/c1-11(2)13(7-10-15-3)14-8-6-12-5-4-9-16-12/h4-5,9,11,13-14H,6-8,10H2,1-3H3. The highest BCUT2D eigenvalue weighted by atomic mass is 16.5. The second-order valence-corrected chi connectivity index (χ2v) is 4.42. The molecule has 0 spiro atoms. The van der Waals surface area contributed by atoms with E-state index in [2.05, 4.69) is 19.2 Å². The number of furan rings is 1. The van der Waals surface area contributed by atoms with E-state index >= 15 is 0 Å². The summed E-state index contributed by atoms with van der Waals surface area (Å²) >= 11 is 0. The van der Waals surface area contributed by atoms with Gasteiger partial charge in [-0.05, 0) is 24.5 Å². The molecule has 0 aliphatic heterocycles. The minimum atomic E-state index is 0.523. The van der Waals surface area contributed by atoms with Crippen LogP contribution < -0.4 is 5.32 Å². The maximum absolute atomic E-state index is 5.29. The van der Waals surface area contributed by atoms with Crippen molar-refractivity contribution in [2.45, 2.75) is 32.7 Å². The number of ether oxygens (including phenoxy) is 1. The Labute approximate surface area is 98.2 Å². The first-order valence-corrected chi connectivity index (χ1v) is 5.98. The molecular formula is C13H23NO2. The van der Waals surface area contributed by atoms with Gasteiger partial charge in [0.15, 0.2) is 0 Å². The van der Waals surface area contributed by atoms with Crippen LogP contribution in [0.5, 0.6) is 0 Å². The van der Waals surface area contributed by atoms with Crippen molar-refractivity contribution in [3.63, 3.8) is 0 Å². The quantitative estimate of drug-likeness (QED) is 0.738. The largest absolute Gasteiger partial charge is 0.469 e. The maximum atomic E-state index is 5.29. The summed E-state index contributed by atoms with van der Waals surface area (Å²) in [5.41, 5.74) is 0. The van der Waals surface area contributed by atoms with Gasteiger partial charge in [-0.15, -0.1) is 0 Å². The molecule has 1 aromatic heterocycles. The van der Waals surface area contributed by atoms with Crippen LogP contribution in [0.25, 0.3) is 0 Å². The van der Waals surface area contributed by atoms with Crippen LogP contribution in [0.3, 0.4) is 0 Å². The van der Waals surface area contributed by atoms with E-state index in [1.54, 1.807) is 13.4 Å². The third-order valence-electron chi connectivity index (χ3n) is 2.80. The van der Waals surface area contributed by atoms with Crippen molar-refractivity contribution in [3.05, 3.63) is 24.2 Å². The van der Waals surface area contributed by atoms with Crippen LogP contribution in [-0.4, -0.2) is 26.3 Å². The van der Waals surface area contributed by atoms with Crippen LogP contribution >= 0.6 is 0 Å². The van der Waals surface area contributed by atoms with Gasteiger partial charge in [0.2, 0.25) is 0 Å². The van der Waals surface area contributed by atoms with E-state index in [4.69, 9.17) is 9.15 Å². The van der Waals surface area contributed by atoms with Crippen molar-refractivity contribution in [1.29, 1.82) is 0 Å². The van der Waals surface area contributed by atoms with E-state index in [0.717, 1.165) is 31.8 Å². The van der Waals surface area contributed by atoms with Crippen molar-refractivity contribution >= 4 is 0 Å². The molecular weight excluding hydrogens is 202 g/mol. The lowest BCUT2D eigenvalue weighted by Gasteiger charge is -2.21. The predicted octanol–water partition coefficient (Wildman–Crippen LogP) is 2.47. The van der Waals surface area contributed by atoms with Gasteiger partial charge in [0.05, 0.1) is 6.26 Å². The Hall–Kier alpha value is -0.800.